The summed E-state index contributed by atoms with van der Waals surface area (Å²) in [7, 11) is 0. The van der Waals surface area contributed by atoms with Crippen LogP contribution in [0.5, 0.6) is 0 Å². The average Bonchev–Trinajstić information content (AvgIpc) is 3.19. The second-order valence-electron chi connectivity index (χ2n) is 7.30. The minimum atomic E-state index is -0.341. The molecule has 1 amide bonds. The molecule has 2 aliphatic rings. The van der Waals surface area contributed by atoms with E-state index in [2.05, 4.69) is 15.1 Å². The Morgan fingerprint density at radius 2 is 1.93 bits per heavy atom. The summed E-state index contributed by atoms with van der Waals surface area (Å²) in [5.41, 5.74) is 1.27. The normalized spacial score (nSPS) is 19.4. The molecule has 2 aromatic rings. The highest BCUT2D eigenvalue weighted by atomic mass is 19.1. The Morgan fingerprint density at radius 1 is 1.19 bits per heavy atom. The predicted octanol–water partition coefficient (Wildman–Crippen LogP) is 2.40. The smallest absolute Gasteiger partial charge is 0.271 e. The summed E-state index contributed by atoms with van der Waals surface area (Å²) in [6.07, 6.45) is 2.02. The maximum absolute atomic E-state index is 13.9. The molecule has 2 fully saturated rings. The molecule has 2 saturated heterocycles. The Labute approximate surface area is 158 Å². The zero-order valence-corrected chi connectivity index (χ0v) is 15.4. The van der Waals surface area contributed by atoms with Crippen LogP contribution >= 0.6 is 0 Å². The first-order valence-electron chi connectivity index (χ1n) is 9.60. The predicted molar refractivity (Wildman–Crippen MR) is 99.9 cm³/mol. The number of benzene rings is 1. The lowest BCUT2D eigenvalue weighted by molar-refractivity contribution is 0.0242. The van der Waals surface area contributed by atoms with Crippen molar-refractivity contribution in [2.45, 2.75) is 12.8 Å². The number of likely N-dealkylation sites (tertiary alicyclic amines) is 1. The first kappa shape index (κ1) is 18.1. The Kier molecular flexibility index (Phi) is 5.50. The van der Waals surface area contributed by atoms with E-state index in [9.17, 15) is 9.18 Å². The number of carbonyl (C=O) groups excluding carboxylic acids is 1. The third kappa shape index (κ3) is 4.20. The summed E-state index contributed by atoms with van der Waals surface area (Å²) in [4.78, 5) is 17.1. The first-order valence-corrected chi connectivity index (χ1v) is 9.60. The van der Waals surface area contributed by atoms with Crippen LogP contribution in [0.15, 0.2) is 30.3 Å². The van der Waals surface area contributed by atoms with Crippen molar-refractivity contribution in [3.8, 4) is 11.3 Å². The number of ether oxygens (including phenoxy) is 1. The number of morpholine rings is 1. The monoisotopic (exact) mass is 372 g/mol. The fraction of sp³-hybridized carbons (Fsp3) is 0.500. The van der Waals surface area contributed by atoms with E-state index in [1.165, 1.54) is 6.07 Å². The zero-order valence-electron chi connectivity index (χ0n) is 15.4. The van der Waals surface area contributed by atoms with Crippen LogP contribution in [0.4, 0.5) is 4.39 Å². The van der Waals surface area contributed by atoms with Crippen molar-refractivity contribution >= 4 is 5.91 Å². The summed E-state index contributed by atoms with van der Waals surface area (Å²) < 4.78 is 19.3. The van der Waals surface area contributed by atoms with E-state index in [4.69, 9.17) is 4.74 Å². The van der Waals surface area contributed by atoms with E-state index in [1.54, 1.807) is 24.3 Å². The number of halogens is 1. The summed E-state index contributed by atoms with van der Waals surface area (Å²) in [5.74, 6) is 0.227. The number of aromatic nitrogens is 2. The molecule has 1 aromatic carbocycles. The highest BCUT2D eigenvalue weighted by molar-refractivity contribution is 5.93. The average molecular weight is 372 g/mol. The van der Waals surface area contributed by atoms with Gasteiger partial charge in [-0.3, -0.25) is 14.8 Å². The second kappa shape index (κ2) is 8.19. The number of amides is 1. The van der Waals surface area contributed by atoms with Gasteiger partial charge in [-0.25, -0.2) is 4.39 Å². The largest absolute Gasteiger partial charge is 0.379 e. The van der Waals surface area contributed by atoms with Crippen LogP contribution in [0.1, 0.15) is 23.3 Å². The number of H-pyrrole nitrogens is 1. The van der Waals surface area contributed by atoms with Gasteiger partial charge in [-0.05, 0) is 37.0 Å². The molecule has 4 rings (SSSR count). The highest BCUT2D eigenvalue weighted by Gasteiger charge is 2.26. The minimum Gasteiger partial charge on any atom is -0.379 e. The molecule has 0 saturated carbocycles. The van der Waals surface area contributed by atoms with Gasteiger partial charge in [0.15, 0.2) is 0 Å². The molecule has 0 atom stereocenters. The summed E-state index contributed by atoms with van der Waals surface area (Å²) >= 11 is 0. The number of piperidine rings is 1. The zero-order chi connectivity index (χ0) is 18.6. The molecule has 1 N–H and O–H groups in total. The lowest BCUT2D eigenvalue weighted by Crippen LogP contribution is -2.44. The molecule has 0 spiro atoms. The van der Waals surface area contributed by atoms with Crippen LogP contribution in [-0.4, -0.2) is 71.8 Å². The maximum atomic E-state index is 13.9. The van der Waals surface area contributed by atoms with Crippen LogP contribution in [0, 0.1) is 11.7 Å². The van der Waals surface area contributed by atoms with Gasteiger partial charge in [-0.15, -0.1) is 0 Å². The highest BCUT2D eigenvalue weighted by Crippen LogP contribution is 2.23. The van der Waals surface area contributed by atoms with Crippen LogP contribution in [0.25, 0.3) is 11.3 Å². The van der Waals surface area contributed by atoms with Gasteiger partial charge in [0, 0.05) is 38.3 Å². The SMILES string of the molecule is O=C(c1cc(-c2ccccc2F)n[nH]1)N1CCC(CN2CCOCC2)CC1. The number of rotatable bonds is 4. The Balaban J connectivity index is 1.34. The van der Waals surface area contributed by atoms with Crippen molar-refractivity contribution < 1.29 is 13.9 Å². The van der Waals surface area contributed by atoms with Crippen LogP contribution in [-0.2, 0) is 4.74 Å². The van der Waals surface area contributed by atoms with Gasteiger partial charge in [0.25, 0.3) is 5.91 Å². The molecule has 1 aromatic heterocycles. The maximum Gasteiger partial charge on any atom is 0.271 e. The van der Waals surface area contributed by atoms with Crippen molar-refractivity contribution in [3.05, 3.63) is 41.8 Å². The van der Waals surface area contributed by atoms with Crippen LogP contribution < -0.4 is 0 Å². The molecule has 2 aliphatic heterocycles. The third-order valence-corrected chi connectivity index (χ3v) is 5.48. The minimum absolute atomic E-state index is 0.0603. The quantitative estimate of drug-likeness (QED) is 0.895. The van der Waals surface area contributed by atoms with Gasteiger partial charge < -0.3 is 9.64 Å². The van der Waals surface area contributed by atoms with E-state index in [0.29, 0.717) is 22.9 Å². The summed E-state index contributed by atoms with van der Waals surface area (Å²) in [5, 5.41) is 6.90. The number of hydrogen-bond acceptors (Lipinski definition) is 4. The lowest BCUT2D eigenvalue weighted by atomic mass is 9.95. The van der Waals surface area contributed by atoms with E-state index in [1.807, 2.05) is 4.90 Å². The van der Waals surface area contributed by atoms with Gasteiger partial charge in [-0.1, -0.05) is 12.1 Å². The van der Waals surface area contributed by atoms with E-state index in [0.717, 1.165) is 58.8 Å². The molecule has 0 radical (unpaired) electrons. The third-order valence-electron chi connectivity index (χ3n) is 5.48. The van der Waals surface area contributed by atoms with Gasteiger partial charge in [0.2, 0.25) is 0 Å². The molecule has 6 nitrogen and oxygen atoms in total. The van der Waals surface area contributed by atoms with Crippen molar-refractivity contribution in [2.75, 3.05) is 45.9 Å². The molecule has 144 valence electrons. The van der Waals surface area contributed by atoms with Crippen molar-refractivity contribution in [2.24, 2.45) is 5.92 Å². The topological polar surface area (TPSA) is 61.5 Å². The molecule has 0 unspecified atom stereocenters. The fourth-order valence-electron chi connectivity index (χ4n) is 3.88. The first-order chi connectivity index (χ1) is 13.2. The van der Waals surface area contributed by atoms with E-state index < -0.39 is 0 Å². The molecule has 3 heterocycles. The Morgan fingerprint density at radius 3 is 2.67 bits per heavy atom. The van der Waals surface area contributed by atoms with Crippen molar-refractivity contribution in [1.29, 1.82) is 0 Å². The number of aromatic amines is 1. The number of nitrogens with one attached hydrogen (secondary N) is 1. The molecule has 7 heteroatoms. The summed E-state index contributed by atoms with van der Waals surface area (Å²) in [6, 6.07) is 8.09. The molecule has 0 bridgehead atoms. The number of carbonyl (C=O) groups is 1. The molecular formula is C20H25FN4O2. The van der Waals surface area contributed by atoms with Gasteiger partial charge >= 0.3 is 0 Å². The number of nitrogens with zero attached hydrogens (tertiary/aromatic N) is 3. The van der Waals surface area contributed by atoms with Gasteiger partial charge in [0.1, 0.15) is 11.5 Å². The fourth-order valence-corrected chi connectivity index (χ4v) is 3.88. The standard InChI is InChI=1S/C20H25FN4O2/c21-17-4-2-1-3-16(17)18-13-19(23-22-18)20(26)25-7-5-15(6-8-25)14-24-9-11-27-12-10-24/h1-4,13,15H,5-12,14H2,(H,22,23). The van der Waals surface area contributed by atoms with E-state index in [-0.39, 0.29) is 11.7 Å². The molecule has 27 heavy (non-hydrogen) atoms. The Bertz CT molecular complexity index is 780. The lowest BCUT2D eigenvalue weighted by Gasteiger charge is -2.35. The number of hydrogen-bond donors (Lipinski definition) is 1. The molecule has 0 aliphatic carbocycles. The van der Waals surface area contributed by atoms with Gasteiger partial charge in [-0.2, -0.15) is 5.10 Å². The van der Waals surface area contributed by atoms with Crippen LogP contribution in [0.3, 0.4) is 0 Å². The van der Waals surface area contributed by atoms with Crippen molar-refractivity contribution in [1.82, 2.24) is 20.0 Å². The van der Waals surface area contributed by atoms with Gasteiger partial charge in [0.05, 0.1) is 18.9 Å². The van der Waals surface area contributed by atoms with Crippen LogP contribution in [0.2, 0.25) is 0 Å². The summed E-state index contributed by atoms with van der Waals surface area (Å²) in [6.45, 7) is 6.25. The van der Waals surface area contributed by atoms with Crippen molar-refractivity contribution in [3.63, 3.8) is 0 Å². The Hall–Kier alpha value is -2.25. The van der Waals surface area contributed by atoms with E-state index >= 15 is 0 Å². The molecular weight excluding hydrogens is 347 g/mol. The second-order valence-corrected chi connectivity index (χ2v) is 7.30.